The summed E-state index contributed by atoms with van der Waals surface area (Å²) in [5.74, 6) is 4.99. The van der Waals surface area contributed by atoms with Gasteiger partial charge in [0.2, 0.25) is 0 Å². The maximum Gasteiger partial charge on any atom is 0.252 e. The van der Waals surface area contributed by atoms with Crippen molar-refractivity contribution in [1.82, 2.24) is 5.32 Å². The predicted octanol–water partition coefficient (Wildman–Crippen LogP) is 1.29. The summed E-state index contributed by atoms with van der Waals surface area (Å²) in [5, 5.41) is 2.90. The van der Waals surface area contributed by atoms with Gasteiger partial charge in [-0.05, 0) is 31.5 Å². The van der Waals surface area contributed by atoms with Crippen molar-refractivity contribution in [2.45, 2.75) is 19.4 Å². The summed E-state index contributed by atoms with van der Waals surface area (Å²) in [6.07, 6.45) is 0.921. The topological polar surface area (TPSA) is 64.4 Å². The number of benzene rings is 1. The molecule has 0 spiro atoms. The van der Waals surface area contributed by atoms with E-state index in [9.17, 15) is 9.18 Å². The summed E-state index contributed by atoms with van der Waals surface area (Å²) < 4.78 is 18.7. The molecule has 1 heterocycles. The van der Waals surface area contributed by atoms with Crippen molar-refractivity contribution < 1.29 is 13.9 Å². The number of hydrogen-bond acceptors (Lipinski definition) is 3. The highest BCUT2D eigenvalue weighted by molar-refractivity contribution is 5.97. The number of nitrogens with two attached hydrogens (primary N) is 1. The fraction of sp³-hybridized carbons (Fsp3) is 0.438. The fourth-order valence-corrected chi connectivity index (χ4v) is 2.31. The van der Waals surface area contributed by atoms with E-state index < -0.39 is 5.82 Å². The normalized spacial score (nSPS) is 18.7. The average Bonchev–Trinajstić information content (AvgIpc) is 3.00. The maximum atomic E-state index is 13.4. The standard InChI is InChI=1S/C16H19FN2O2/c1-11(13-6-8-21-10-13)19-16(20)15-9-14(17)5-4-12(15)3-2-7-18/h4-5,9,11,13H,6-8,10,18H2,1H3,(H,19,20). The molecule has 2 rings (SSSR count). The summed E-state index contributed by atoms with van der Waals surface area (Å²) in [4.78, 5) is 12.3. The second-order valence-corrected chi connectivity index (χ2v) is 5.08. The SMILES string of the molecule is CC(NC(=O)c1cc(F)ccc1C#CCN)C1CCOC1. The summed E-state index contributed by atoms with van der Waals surface area (Å²) in [6.45, 7) is 3.48. The first-order valence-electron chi connectivity index (χ1n) is 6.99. The minimum absolute atomic E-state index is 0.0291. The van der Waals surface area contributed by atoms with Crippen LogP contribution in [0, 0.1) is 23.6 Å². The summed E-state index contributed by atoms with van der Waals surface area (Å²) in [7, 11) is 0. The number of rotatable bonds is 3. The molecule has 2 unspecified atom stereocenters. The van der Waals surface area contributed by atoms with Crippen LogP contribution in [-0.4, -0.2) is 31.7 Å². The van der Waals surface area contributed by atoms with Crippen LogP contribution < -0.4 is 11.1 Å². The van der Waals surface area contributed by atoms with Crippen LogP contribution in [0.5, 0.6) is 0 Å². The molecule has 0 aliphatic carbocycles. The molecule has 1 aromatic rings. The Bertz CT molecular complexity index is 571. The molecule has 0 saturated carbocycles. The largest absolute Gasteiger partial charge is 0.381 e. The van der Waals surface area contributed by atoms with E-state index in [4.69, 9.17) is 10.5 Å². The lowest BCUT2D eigenvalue weighted by Gasteiger charge is -2.19. The highest BCUT2D eigenvalue weighted by Crippen LogP contribution is 2.17. The van der Waals surface area contributed by atoms with Gasteiger partial charge in [0, 0.05) is 24.1 Å². The first kappa shape index (κ1) is 15.5. The Morgan fingerprint density at radius 2 is 2.43 bits per heavy atom. The van der Waals surface area contributed by atoms with Crippen molar-refractivity contribution in [2.24, 2.45) is 11.7 Å². The van der Waals surface area contributed by atoms with E-state index in [1.54, 1.807) is 0 Å². The molecule has 1 amide bonds. The fourth-order valence-electron chi connectivity index (χ4n) is 2.31. The predicted molar refractivity (Wildman–Crippen MR) is 78.2 cm³/mol. The number of ether oxygens (including phenoxy) is 1. The molecule has 3 N–H and O–H groups in total. The van der Waals surface area contributed by atoms with Gasteiger partial charge in [-0.25, -0.2) is 4.39 Å². The Morgan fingerprint density at radius 3 is 3.10 bits per heavy atom. The third kappa shape index (κ3) is 4.03. The molecule has 4 nitrogen and oxygen atoms in total. The maximum absolute atomic E-state index is 13.4. The van der Waals surface area contributed by atoms with Gasteiger partial charge in [0.1, 0.15) is 5.82 Å². The molecule has 5 heteroatoms. The number of hydrogen-bond donors (Lipinski definition) is 2. The molecule has 2 atom stereocenters. The Balaban J connectivity index is 2.15. The molecule has 21 heavy (non-hydrogen) atoms. The van der Waals surface area contributed by atoms with Gasteiger partial charge >= 0.3 is 0 Å². The van der Waals surface area contributed by atoms with Crippen molar-refractivity contribution in [3.05, 3.63) is 35.1 Å². The first-order chi connectivity index (χ1) is 10.1. The van der Waals surface area contributed by atoms with Crippen LogP contribution in [0.2, 0.25) is 0 Å². The molecule has 1 saturated heterocycles. The average molecular weight is 290 g/mol. The monoisotopic (exact) mass is 290 g/mol. The van der Waals surface area contributed by atoms with Crippen LogP contribution in [-0.2, 0) is 4.74 Å². The van der Waals surface area contributed by atoms with Crippen LogP contribution in [0.15, 0.2) is 18.2 Å². The van der Waals surface area contributed by atoms with Gasteiger partial charge < -0.3 is 15.8 Å². The van der Waals surface area contributed by atoms with Gasteiger partial charge in [0.05, 0.1) is 18.7 Å². The van der Waals surface area contributed by atoms with Gasteiger partial charge in [0.15, 0.2) is 0 Å². The Labute approximate surface area is 123 Å². The van der Waals surface area contributed by atoms with Crippen LogP contribution in [0.25, 0.3) is 0 Å². The van der Waals surface area contributed by atoms with Crippen LogP contribution in [0.1, 0.15) is 29.3 Å². The lowest BCUT2D eigenvalue weighted by molar-refractivity contribution is 0.0921. The van der Waals surface area contributed by atoms with Gasteiger partial charge in [-0.2, -0.15) is 0 Å². The van der Waals surface area contributed by atoms with E-state index in [2.05, 4.69) is 17.2 Å². The number of nitrogens with one attached hydrogen (secondary N) is 1. The zero-order valence-electron chi connectivity index (χ0n) is 12.0. The van der Waals surface area contributed by atoms with Crippen LogP contribution >= 0.6 is 0 Å². The Morgan fingerprint density at radius 1 is 1.62 bits per heavy atom. The first-order valence-corrected chi connectivity index (χ1v) is 6.99. The highest BCUT2D eigenvalue weighted by Gasteiger charge is 2.24. The lowest BCUT2D eigenvalue weighted by atomic mass is 9.99. The van der Waals surface area contributed by atoms with Gasteiger partial charge in [0.25, 0.3) is 5.91 Å². The molecule has 1 aromatic carbocycles. The van der Waals surface area contributed by atoms with Crippen LogP contribution in [0.4, 0.5) is 4.39 Å². The molecule has 0 aromatic heterocycles. The van der Waals surface area contributed by atoms with Crippen molar-refractivity contribution in [3.63, 3.8) is 0 Å². The zero-order chi connectivity index (χ0) is 15.2. The van der Waals surface area contributed by atoms with E-state index in [1.807, 2.05) is 6.92 Å². The molecular weight excluding hydrogens is 271 g/mol. The van der Waals surface area contributed by atoms with Crippen molar-refractivity contribution in [1.29, 1.82) is 0 Å². The third-order valence-corrected chi connectivity index (χ3v) is 3.58. The van der Waals surface area contributed by atoms with Gasteiger partial charge in [-0.1, -0.05) is 11.8 Å². The second kappa shape index (κ2) is 7.21. The Kier molecular flexibility index (Phi) is 5.32. The number of amides is 1. The zero-order valence-corrected chi connectivity index (χ0v) is 12.0. The van der Waals surface area contributed by atoms with E-state index in [-0.39, 0.29) is 24.1 Å². The van der Waals surface area contributed by atoms with Crippen molar-refractivity contribution in [3.8, 4) is 11.8 Å². The molecule has 0 bridgehead atoms. The third-order valence-electron chi connectivity index (χ3n) is 3.58. The van der Waals surface area contributed by atoms with E-state index >= 15 is 0 Å². The number of carbonyl (C=O) groups excluding carboxylic acids is 1. The minimum atomic E-state index is -0.463. The smallest absolute Gasteiger partial charge is 0.252 e. The molecule has 1 aliphatic rings. The van der Waals surface area contributed by atoms with E-state index in [0.29, 0.717) is 18.1 Å². The number of carbonyl (C=O) groups is 1. The van der Waals surface area contributed by atoms with Gasteiger partial charge in [-0.3, -0.25) is 4.79 Å². The number of halogens is 1. The van der Waals surface area contributed by atoms with E-state index in [1.165, 1.54) is 18.2 Å². The summed E-state index contributed by atoms with van der Waals surface area (Å²) >= 11 is 0. The van der Waals surface area contributed by atoms with Crippen LogP contribution in [0.3, 0.4) is 0 Å². The summed E-state index contributed by atoms with van der Waals surface area (Å²) in [5.41, 5.74) is 6.05. The Hall–Kier alpha value is -1.90. The minimum Gasteiger partial charge on any atom is -0.381 e. The summed E-state index contributed by atoms with van der Waals surface area (Å²) in [6, 6.07) is 3.95. The second-order valence-electron chi connectivity index (χ2n) is 5.08. The van der Waals surface area contributed by atoms with E-state index in [0.717, 1.165) is 13.0 Å². The highest BCUT2D eigenvalue weighted by atomic mass is 19.1. The quantitative estimate of drug-likeness (QED) is 0.825. The lowest BCUT2D eigenvalue weighted by Crippen LogP contribution is -2.38. The molecular formula is C16H19FN2O2. The molecule has 1 fully saturated rings. The van der Waals surface area contributed by atoms with Gasteiger partial charge in [-0.15, -0.1) is 0 Å². The van der Waals surface area contributed by atoms with Crippen molar-refractivity contribution >= 4 is 5.91 Å². The van der Waals surface area contributed by atoms with Crippen molar-refractivity contribution in [2.75, 3.05) is 19.8 Å². The molecule has 1 aliphatic heterocycles. The molecule has 0 radical (unpaired) electrons. The molecule has 112 valence electrons.